The van der Waals surface area contributed by atoms with E-state index in [1.165, 1.54) is 12.1 Å². The minimum Gasteiger partial charge on any atom is -0.478 e. The van der Waals surface area contributed by atoms with Crippen molar-refractivity contribution in [3.8, 4) is 11.5 Å². The number of para-hydroxylation sites is 1. The zero-order valence-corrected chi connectivity index (χ0v) is 22.3. The number of rotatable bonds is 6. The number of carbonyl (C=O) groups is 1. The summed E-state index contributed by atoms with van der Waals surface area (Å²) in [5, 5.41) is 14.9. The van der Waals surface area contributed by atoms with E-state index in [2.05, 4.69) is 5.32 Å². The molecule has 1 aliphatic heterocycles. The lowest BCUT2D eigenvalue weighted by atomic mass is 9.89. The highest BCUT2D eigenvalue weighted by Gasteiger charge is 2.24. The Bertz CT molecular complexity index is 2040. The Morgan fingerprint density at radius 3 is 2.20 bits per heavy atom. The molecule has 0 saturated carbocycles. The predicted molar refractivity (Wildman–Crippen MR) is 157 cm³/mol. The van der Waals surface area contributed by atoms with E-state index in [0.29, 0.717) is 17.1 Å². The van der Waals surface area contributed by atoms with Crippen molar-refractivity contribution in [3.05, 3.63) is 148 Å². The number of carboxylic acids is 1. The average Bonchev–Trinajstić information content (AvgIpc) is 2.96. The summed E-state index contributed by atoms with van der Waals surface area (Å²) in [6.45, 7) is 0. The van der Waals surface area contributed by atoms with Crippen LogP contribution in [0.1, 0.15) is 27.0 Å². The first-order valence-electron chi connectivity index (χ1n) is 12.7. The molecule has 1 aliphatic rings. The fraction of sp³-hybridized carbons (Fsp3) is 0. The van der Waals surface area contributed by atoms with Gasteiger partial charge in [-0.05, 0) is 77.0 Å². The molecule has 41 heavy (non-hydrogen) atoms. The lowest BCUT2D eigenvalue weighted by molar-refractivity contribution is 0.0696. The van der Waals surface area contributed by atoms with Gasteiger partial charge in [0.2, 0.25) is 0 Å². The van der Waals surface area contributed by atoms with E-state index in [-0.39, 0.29) is 10.5 Å². The number of benzene rings is 5. The molecule has 6 rings (SSSR count). The van der Waals surface area contributed by atoms with Gasteiger partial charge in [-0.15, -0.1) is 0 Å². The number of carboxylic acid groups (broad SMARTS) is 1. The second-order valence-corrected chi connectivity index (χ2v) is 10.9. The Morgan fingerprint density at radius 1 is 0.732 bits per heavy atom. The first-order chi connectivity index (χ1) is 19.8. The van der Waals surface area contributed by atoms with Crippen LogP contribution in [0.5, 0.6) is 11.5 Å². The number of anilines is 2. The maximum Gasteiger partial charge on any atom is 0.336 e. The molecular weight excluding hydrogens is 538 g/mol. The third-order valence-corrected chi connectivity index (χ3v) is 7.61. The molecule has 0 aliphatic carbocycles. The minimum atomic E-state index is -4.28. The van der Waals surface area contributed by atoms with E-state index in [1.54, 1.807) is 30.3 Å². The van der Waals surface area contributed by atoms with Crippen molar-refractivity contribution in [2.24, 2.45) is 0 Å². The van der Waals surface area contributed by atoms with Gasteiger partial charge in [0.05, 0.1) is 10.5 Å². The van der Waals surface area contributed by atoms with Crippen LogP contribution < -0.4 is 20.5 Å². The Morgan fingerprint density at radius 2 is 1.46 bits per heavy atom. The van der Waals surface area contributed by atoms with Crippen LogP contribution in [0.3, 0.4) is 0 Å². The molecular formula is C33H23NO6S. The summed E-state index contributed by atoms with van der Waals surface area (Å²) in [5.74, 6) is 0.0967. The number of aromatic carboxylic acids is 1. The van der Waals surface area contributed by atoms with E-state index >= 15 is 0 Å². The van der Waals surface area contributed by atoms with E-state index in [4.69, 9.17) is 4.74 Å². The molecule has 0 bridgehead atoms. The SMILES string of the molecule is O=C(O)c1ccccc1C1=c2cc/c(=C\c3ccc(S(=O)(=O)O)cc3)cc2Oc2cc(Nc3ccccc3)ccc21. The van der Waals surface area contributed by atoms with Crippen molar-refractivity contribution in [2.45, 2.75) is 4.90 Å². The maximum atomic E-state index is 12.2. The molecule has 0 aromatic heterocycles. The summed E-state index contributed by atoms with van der Waals surface area (Å²) < 4.78 is 38.4. The van der Waals surface area contributed by atoms with Crippen molar-refractivity contribution in [3.63, 3.8) is 0 Å². The van der Waals surface area contributed by atoms with E-state index in [1.807, 2.05) is 78.9 Å². The molecule has 202 valence electrons. The molecule has 0 unspecified atom stereocenters. The fourth-order valence-electron chi connectivity index (χ4n) is 4.87. The lowest BCUT2D eigenvalue weighted by Crippen LogP contribution is -2.21. The number of hydrogen-bond donors (Lipinski definition) is 3. The molecule has 5 aromatic rings. The van der Waals surface area contributed by atoms with Crippen LogP contribution in [0.25, 0.3) is 11.6 Å². The van der Waals surface area contributed by atoms with Gasteiger partial charge in [0.25, 0.3) is 10.1 Å². The predicted octanol–water partition coefficient (Wildman–Crippen LogP) is 5.56. The van der Waals surface area contributed by atoms with Gasteiger partial charge < -0.3 is 15.2 Å². The van der Waals surface area contributed by atoms with Gasteiger partial charge in [0.15, 0.2) is 0 Å². The normalized spacial score (nSPS) is 12.7. The molecule has 0 spiro atoms. The number of fused-ring (bicyclic) bond motifs is 2. The van der Waals surface area contributed by atoms with E-state index < -0.39 is 16.1 Å². The largest absolute Gasteiger partial charge is 0.478 e. The molecule has 0 amide bonds. The molecule has 7 nitrogen and oxygen atoms in total. The van der Waals surface area contributed by atoms with Gasteiger partial charge in [-0.3, -0.25) is 4.55 Å². The molecule has 8 heteroatoms. The van der Waals surface area contributed by atoms with Crippen LogP contribution in [0, 0.1) is 0 Å². The fourth-order valence-corrected chi connectivity index (χ4v) is 5.35. The quantitative estimate of drug-likeness (QED) is 0.228. The Labute approximate surface area is 236 Å². The summed E-state index contributed by atoms with van der Waals surface area (Å²) in [6.07, 6.45) is 1.85. The summed E-state index contributed by atoms with van der Waals surface area (Å²) in [7, 11) is -4.28. The standard InChI is InChI=1S/C33H23NO6S/c35-33(36)27-9-5-4-8-26(27)32-28-16-12-22(18-21-10-14-25(15-11-21)41(37,38)39)19-30(28)40-31-20-24(13-17-29(31)32)34-23-6-2-1-3-7-23/h1-20,34H,(H,35,36)(H,37,38,39)/b22-18+. The van der Waals surface area contributed by atoms with Gasteiger partial charge >= 0.3 is 5.97 Å². The molecule has 1 heterocycles. The van der Waals surface area contributed by atoms with Crippen LogP contribution in [0.4, 0.5) is 11.4 Å². The van der Waals surface area contributed by atoms with Gasteiger partial charge in [-0.25, -0.2) is 4.79 Å². The Kier molecular flexibility index (Phi) is 6.62. The average molecular weight is 562 g/mol. The molecule has 0 atom stereocenters. The number of hydrogen-bond acceptors (Lipinski definition) is 5. The third kappa shape index (κ3) is 5.34. The van der Waals surface area contributed by atoms with E-state index in [9.17, 15) is 22.9 Å². The molecule has 5 aromatic carbocycles. The van der Waals surface area contributed by atoms with Gasteiger partial charge in [-0.1, -0.05) is 54.6 Å². The third-order valence-electron chi connectivity index (χ3n) is 6.75. The molecule has 0 fully saturated rings. The first kappa shape index (κ1) is 26.1. The molecule has 0 radical (unpaired) electrons. The van der Waals surface area contributed by atoms with Crippen molar-refractivity contribution in [1.82, 2.24) is 0 Å². The van der Waals surface area contributed by atoms with Crippen LogP contribution in [-0.4, -0.2) is 24.0 Å². The van der Waals surface area contributed by atoms with Crippen molar-refractivity contribution in [1.29, 1.82) is 0 Å². The highest BCUT2D eigenvalue weighted by Crippen LogP contribution is 2.39. The van der Waals surface area contributed by atoms with Crippen molar-refractivity contribution >= 4 is 39.1 Å². The summed E-state index contributed by atoms with van der Waals surface area (Å²) in [5.41, 5.74) is 4.72. The summed E-state index contributed by atoms with van der Waals surface area (Å²) in [4.78, 5) is 12.0. The lowest BCUT2D eigenvalue weighted by Gasteiger charge is -2.23. The van der Waals surface area contributed by atoms with Gasteiger partial charge in [0.1, 0.15) is 11.5 Å². The highest BCUT2D eigenvalue weighted by molar-refractivity contribution is 7.85. The van der Waals surface area contributed by atoms with Crippen LogP contribution >= 0.6 is 0 Å². The van der Waals surface area contributed by atoms with Gasteiger partial charge in [0, 0.05) is 33.8 Å². The molecule has 0 saturated heterocycles. The summed E-state index contributed by atoms with van der Waals surface area (Å²) in [6, 6.07) is 33.9. The minimum absolute atomic E-state index is 0.183. The van der Waals surface area contributed by atoms with Crippen LogP contribution in [-0.2, 0) is 10.1 Å². The summed E-state index contributed by atoms with van der Waals surface area (Å²) >= 11 is 0. The van der Waals surface area contributed by atoms with Crippen LogP contribution in [0.15, 0.2) is 120 Å². The first-order valence-corrected chi connectivity index (χ1v) is 14.1. The number of ether oxygens (including phenoxy) is 1. The second-order valence-electron chi connectivity index (χ2n) is 9.47. The van der Waals surface area contributed by atoms with E-state index in [0.717, 1.165) is 38.5 Å². The highest BCUT2D eigenvalue weighted by atomic mass is 32.2. The van der Waals surface area contributed by atoms with Gasteiger partial charge in [-0.2, -0.15) is 8.42 Å². The van der Waals surface area contributed by atoms with Crippen molar-refractivity contribution in [2.75, 3.05) is 5.32 Å². The number of nitrogens with one attached hydrogen (secondary N) is 1. The zero-order chi connectivity index (χ0) is 28.6. The molecule has 3 N–H and O–H groups in total. The zero-order valence-electron chi connectivity index (χ0n) is 21.5. The second kappa shape index (κ2) is 10.4. The Hall–Kier alpha value is -5.18. The Balaban J connectivity index is 1.51. The maximum absolute atomic E-state index is 12.2. The van der Waals surface area contributed by atoms with Crippen molar-refractivity contribution < 1.29 is 27.6 Å². The topological polar surface area (TPSA) is 113 Å². The monoisotopic (exact) mass is 561 g/mol. The van der Waals surface area contributed by atoms with Crippen LogP contribution in [0.2, 0.25) is 0 Å². The smallest absolute Gasteiger partial charge is 0.336 e.